The molecule has 21 heavy (non-hydrogen) atoms. The molecular formula is C16H20N2O2S. The van der Waals surface area contributed by atoms with E-state index in [4.69, 9.17) is 5.11 Å². The molecule has 1 aromatic rings. The molecule has 4 nitrogen and oxygen atoms in total. The summed E-state index contributed by atoms with van der Waals surface area (Å²) in [5.41, 5.74) is 0.893. The van der Waals surface area contributed by atoms with E-state index >= 15 is 0 Å². The monoisotopic (exact) mass is 304 g/mol. The van der Waals surface area contributed by atoms with Crippen molar-refractivity contribution in [1.29, 1.82) is 0 Å². The predicted octanol–water partition coefficient (Wildman–Crippen LogP) is 1.83. The van der Waals surface area contributed by atoms with Crippen LogP contribution in [0.4, 0.5) is 0 Å². The fourth-order valence-corrected chi connectivity index (χ4v) is 3.54. The molecule has 1 aromatic heterocycles. The van der Waals surface area contributed by atoms with Gasteiger partial charge in [0.05, 0.1) is 5.56 Å². The molecule has 1 heterocycles. The van der Waals surface area contributed by atoms with Crippen LogP contribution in [0.15, 0.2) is 18.3 Å². The largest absolute Gasteiger partial charge is 0.384 e. The highest BCUT2D eigenvalue weighted by Gasteiger charge is 2.26. The third kappa shape index (κ3) is 4.23. The van der Waals surface area contributed by atoms with E-state index < -0.39 is 0 Å². The molecule has 1 saturated carbocycles. The highest BCUT2D eigenvalue weighted by atomic mass is 32.2. The van der Waals surface area contributed by atoms with Gasteiger partial charge in [0.2, 0.25) is 0 Å². The number of hydrogen-bond donors (Lipinski definition) is 2. The lowest BCUT2D eigenvalue weighted by atomic mass is 9.94. The molecule has 1 amide bonds. The first-order valence-electron chi connectivity index (χ1n) is 7.14. The van der Waals surface area contributed by atoms with E-state index in [1.807, 2.05) is 11.8 Å². The topological polar surface area (TPSA) is 62.2 Å². The number of thioether (sulfide) groups is 1. The van der Waals surface area contributed by atoms with Crippen LogP contribution in [0.2, 0.25) is 0 Å². The van der Waals surface area contributed by atoms with Gasteiger partial charge >= 0.3 is 0 Å². The van der Waals surface area contributed by atoms with Gasteiger partial charge in [0, 0.05) is 17.5 Å². The van der Waals surface area contributed by atoms with Gasteiger partial charge < -0.3 is 10.4 Å². The van der Waals surface area contributed by atoms with Gasteiger partial charge in [-0.2, -0.15) is 11.8 Å². The minimum atomic E-state index is -0.229. The number of amides is 1. The summed E-state index contributed by atoms with van der Waals surface area (Å²) in [5, 5.41) is 12.4. The fourth-order valence-electron chi connectivity index (χ4n) is 2.60. The zero-order chi connectivity index (χ0) is 15.1. The van der Waals surface area contributed by atoms with Gasteiger partial charge in [-0.1, -0.05) is 24.7 Å². The van der Waals surface area contributed by atoms with Crippen molar-refractivity contribution in [2.45, 2.75) is 37.0 Å². The Morgan fingerprint density at radius 3 is 3.10 bits per heavy atom. The lowest BCUT2D eigenvalue weighted by Gasteiger charge is -2.30. The van der Waals surface area contributed by atoms with Crippen molar-refractivity contribution in [3.05, 3.63) is 29.6 Å². The van der Waals surface area contributed by atoms with Crippen molar-refractivity contribution in [1.82, 2.24) is 10.3 Å². The van der Waals surface area contributed by atoms with Gasteiger partial charge in [-0.05, 0) is 31.2 Å². The van der Waals surface area contributed by atoms with Gasteiger partial charge in [-0.15, -0.1) is 0 Å². The van der Waals surface area contributed by atoms with Crippen LogP contribution < -0.4 is 5.32 Å². The van der Waals surface area contributed by atoms with Gasteiger partial charge in [0.15, 0.2) is 0 Å². The van der Waals surface area contributed by atoms with Crippen molar-refractivity contribution < 1.29 is 9.90 Å². The second kappa shape index (κ2) is 8.06. The van der Waals surface area contributed by atoms with E-state index in [-0.39, 0.29) is 18.6 Å². The molecule has 0 aliphatic heterocycles. The summed E-state index contributed by atoms with van der Waals surface area (Å²) in [4.78, 5) is 16.6. The maximum absolute atomic E-state index is 12.4. The summed E-state index contributed by atoms with van der Waals surface area (Å²) < 4.78 is 0. The number of rotatable bonds is 3. The van der Waals surface area contributed by atoms with Gasteiger partial charge in [0.1, 0.15) is 12.3 Å². The number of aliphatic hydroxyl groups is 1. The molecular weight excluding hydrogens is 284 g/mol. The zero-order valence-electron chi connectivity index (χ0n) is 12.1. The molecule has 2 atom stereocenters. The highest BCUT2D eigenvalue weighted by molar-refractivity contribution is 7.99. The Morgan fingerprint density at radius 2 is 2.33 bits per heavy atom. The van der Waals surface area contributed by atoms with Crippen molar-refractivity contribution in [3.8, 4) is 11.8 Å². The normalized spacial score (nSPS) is 21.2. The second-order valence-electron chi connectivity index (χ2n) is 5.00. The van der Waals surface area contributed by atoms with E-state index in [9.17, 15) is 4.79 Å². The van der Waals surface area contributed by atoms with Crippen LogP contribution >= 0.6 is 11.8 Å². The van der Waals surface area contributed by atoms with E-state index in [1.54, 1.807) is 18.3 Å². The molecule has 0 bridgehead atoms. The molecule has 0 aromatic carbocycles. The number of aromatic nitrogens is 1. The summed E-state index contributed by atoms with van der Waals surface area (Å²) >= 11 is 1.81. The van der Waals surface area contributed by atoms with Crippen LogP contribution in [0, 0.1) is 11.8 Å². The molecule has 2 unspecified atom stereocenters. The van der Waals surface area contributed by atoms with Gasteiger partial charge in [0.25, 0.3) is 5.91 Å². The third-order valence-corrected chi connectivity index (χ3v) is 4.82. The lowest BCUT2D eigenvalue weighted by molar-refractivity contribution is 0.0924. The maximum atomic E-state index is 12.4. The Bertz CT molecular complexity index is 551. The Labute approximate surface area is 129 Å². The van der Waals surface area contributed by atoms with Crippen LogP contribution in [0.25, 0.3) is 0 Å². The Morgan fingerprint density at radius 1 is 1.52 bits per heavy atom. The average molecular weight is 304 g/mol. The van der Waals surface area contributed by atoms with Gasteiger partial charge in [-0.25, -0.2) is 4.98 Å². The quantitative estimate of drug-likeness (QED) is 0.836. The van der Waals surface area contributed by atoms with E-state index in [0.29, 0.717) is 16.5 Å². The van der Waals surface area contributed by atoms with Crippen LogP contribution in [-0.2, 0) is 0 Å². The van der Waals surface area contributed by atoms with Crippen LogP contribution in [0.1, 0.15) is 41.7 Å². The van der Waals surface area contributed by atoms with E-state index in [1.165, 1.54) is 6.42 Å². The first-order chi connectivity index (χ1) is 10.3. The summed E-state index contributed by atoms with van der Waals surface area (Å²) in [6.45, 7) is -0.229. The van der Waals surface area contributed by atoms with Crippen LogP contribution in [0.5, 0.6) is 0 Å². The van der Waals surface area contributed by atoms with Crippen molar-refractivity contribution in [2.75, 3.05) is 12.9 Å². The zero-order valence-corrected chi connectivity index (χ0v) is 12.9. The third-order valence-electron chi connectivity index (χ3n) is 3.65. The molecule has 1 fully saturated rings. The lowest BCUT2D eigenvalue weighted by Crippen LogP contribution is -2.44. The minimum absolute atomic E-state index is 0.177. The van der Waals surface area contributed by atoms with Gasteiger partial charge in [-0.3, -0.25) is 4.79 Å². The van der Waals surface area contributed by atoms with Crippen LogP contribution in [0.3, 0.4) is 0 Å². The van der Waals surface area contributed by atoms with E-state index in [2.05, 4.69) is 28.4 Å². The molecule has 5 heteroatoms. The number of nitrogens with one attached hydrogen (secondary N) is 1. The Hall–Kier alpha value is -1.51. The summed E-state index contributed by atoms with van der Waals surface area (Å²) in [7, 11) is 0. The van der Waals surface area contributed by atoms with E-state index in [0.717, 1.165) is 19.3 Å². The molecule has 0 radical (unpaired) electrons. The standard InChI is InChI=1S/C16H20N2O2S/c1-21-14-9-3-2-8-13(14)18-16(20)15-12(7-5-11-19)6-4-10-17-15/h4,6,10,13-14,19H,2-3,8-9,11H2,1H3,(H,18,20). The number of aliphatic hydroxyl groups excluding tert-OH is 1. The Kier molecular flexibility index (Phi) is 6.09. The minimum Gasteiger partial charge on any atom is -0.384 e. The Balaban J connectivity index is 2.13. The summed E-state index contributed by atoms with van der Waals surface area (Å²) in [5.74, 6) is 5.17. The number of carbonyl (C=O) groups is 1. The first kappa shape index (κ1) is 15.9. The maximum Gasteiger partial charge on any atom is 0.271 e. The molecule has 1 aliphatic rings. The van der Waals surface area contributed by atoms with Crippen LogP contribution in [-0.4, -0.2) is 40.2 Å². The smallest absolute Gasteiger partial charge is 0.271 e. The van der Waals surface area contributed by atoms with Crippen molar-refractivity contribution in [2.24, 2.45) is 0 Å². The highest BCUT2D eigenvalue weighted by Crippen LogP contribution is 2.27. The SMILES string of the molecule is CSC1CCCCC1NC(=O)c1ncccc1C#CCO. The van der Waals surface area contributed by atoms with Crippen molar-refractivity contribution >= 4 is 17.7 Å². The number of nitrogens with zero attached hydrogens (tertiary/aromatic N) is 1. The summed E-state index contributed by atoms with van der Waals surface area (Å²) in [6.07, 6.45) is 8.23. The molecule has 0 saturated heterocycles. The molecule has 112 valence electrons. The molecule has 0 spiro atoms. The molecule has 2 N–H and O–H groups in total. The molecule has 2 rings (SSSR count). The van der Waals surface area contributed by atoms with Crippen molar-refractivity contribution in [3.63, 3.8) is 0 Å². The first-order valence-corrected chi connectivity index (χ1v) is 8.43. The predicted molar refractivity (Wildman–Crippen MR) is 85.2 cm³/mol. The number of carbonyl (C=O) groups excluding carboxylic acids is 1. The number of pyridine rings is 1. The number of hydrogen-bond acceptors (Lipinski definition) is 4. The fraction of sp³-hybridized carbons (Fsp3) is 0.500. The average Bonchev–Trinajstić information content (AvgIpc) is 2.53. The second-order valence-corrected chi connectivity index (χ2v) is 6.07. The summed E-state index contributed by atoms with van der Waals surface area (Å²) in [6, 6.07) is 3.68. The molecule has 1 aliphatic carbocycles.